The van der Waals surface area contributed by atoms with E-state index in [4.69, 9.17) is 46.6 Å². The van der Waals surface area contributed by atoms with Gasteiger partial charge in [0.25, 0.3) is 0 Å². The molecular formula is C14H25NO13. The Hall–Kier alpha value is -2.49. The lowest BCUT2D eigenvalue weighted by molar-refractivity contribution is -0.148. The number of nitrogens with two attached hydrogens (primary N) is 1. The number of Topliss-reactive ketones (excluding diaryl/α,β-unsaturated/α-hetero) is 1. The molecule has 0 heterocycles. The van der Waals surface area contributed by atoms with Crippen molar-refractivity contribution >= 4 is 30.0 Å². The van der Waals surface area contributed by atoms with Crippen LogP contribution in [0.15, 0.2) is 0 Å². The van der Waals surface area contributed by atoms with E-state index in [1.807, 2.05) is 0 Å². The van der Waals surface area contributed by atoms with E-state index in [9.17, 15) is 24.0 Å². The monoisotopic (exact) mass is 415 g/mol. The van der Waals surface area contributed by atoms with Crippen molar-refractivity contribution in [2.24, 2.45) is 5.73 Å². The van der Waals surface area contributed by atoms with E-state index >= 15 is 0 Å². The van der Waals surface area contributed by atoms with Crippen LogP contribution in [0.5, 0.6) is 0 Å². The molecule has 0 unspecified atom stereocenters. The Morgan fingerprint density at radius 3 is 1.64 bits per heavy atom. The molecule has 0 aliphatic carbocycles. The SMILES string of the molecule is CC(=O)C(=O)O.N[C@@H](CCC(=O)O)C(=O)O.O=C[C@H](O)[C@@H](O)[C@H](O)[C@H](O)CO. The summed E-state index contributed by atoms with van der Waals surface area (Å²) in [5.74, 6) is -4.40. The molecule has 0 spiro atoms. The van der Waals surface area contributed by atoms with Crippen LogP contribution in [-0.2, 0) is 24.0 Å². The summed E-state index contributed by atoms with van der Waals surface area (Å²) in [4.78, 5) is 48.7. The molecule has 164 valence electrons. The number of rotatable bonds is 10. The van der Waals surface area contributed by atoms with Gasteiger partial charge in [0.2, 0.25) is 5.78 Å². The van der Waals surface area contributed by atoms with Crippen LogP contribution < -0.4 is 5.73 Å². The lowest BCUT2D eigenvalue weighted by Gasteiger charge is -2.22. The minimum Gasteiger partial charge on any atom is -0.481 e. The Bertz CT molecular complexity index is 497. The fourth-order valence-corrected chi connectivity index (χ4v) is 1.02. The van der Waals surface area contributed by atoms with Gasteiger partial charge < -0.3 is 51.4 Å². The third-order valence-electron chi connectivity index (χ3n) is 2.71. The van der Waals surface area contributed by atoms with E-state index in [2.05, 4.69) is 0 Å². The van der Waals surface area contributed by atoms with Gasteiger partial charge >= 0.3 is 17.9 Å². The Morgan fingerprint density at radius 2 is 1.39 bits per heavy atom. The number of carbonyl (C=O) groups excluding carboxylic acids is 2. The predicted molar refractivity (Wildman–Crippen MR) is 88.0 cm³/mol. The number of carbonyl (C=O) groups is 5. The molecule has 28 heavy (non-hydrogen) atoms. The van der Waals surface area contributed by atoms with E-state index in [0.717, 1.165) is 6.92 Å². The molecule has 14 heteroatoms. The summed E-state index contributed by atoms with van der Waals surface area (Å²) in [6, 6.07) is -1.06. The molecule has 0 aliphatic rings. The summed E-state index contributed by atoms with van der Waals surface area (Å²) in [6.07, 6.45) is -7.06. The average molecular weight is 415 g/mol. The zero-order valence-electron chi connectivity index (χ0n) is 14.8. The number of hydrogen-bond acceptors (Lipinski definition) is 11. The first kappa shape index (κ1) is 30.2. The van der Waals surface area contributed by atoms with Crippen molar-refractivity contribution in [1.29, 1.82) is 0 Å². The summed E-state index contributed by atoms with van der Waals surface area (Å²) in [6.45, 7) is 0.242. The van der Waals surface area contributed by atoms with Crippen LogP contribution in [0.25, 0.3) is 0 Å². The van der Waals surface area contributed by atoms with Gasteiger partial charge in [-0.1, -0.05) is 0 Å². The highest BCUT2D eigenvalue weighted by Gasteiger charge is 2.29. The third kappa shape index (κ3) is 17.0. The molecule has 0 radical (unpaired) electrons. The van der Waals surface area contributed by atoms with E-state index in [-0.39, 0.29) is 19.1 Å². The van der Waals surface area contributed by atoms with Gasteiger partial charge in [-0.3, -0.25) is 14.4 Å². The molecule has 0 aromatic rings. The fraction of sp³-hybridized carbons (Fsp3) is 0.643. The lowest BCUT2D eigenvalue weighted by Crippen LogP contribution is -2.46. The first-order valence-corrected chi connectivity index (χ1v) is 7.45. The van der Waals surface area contributed by atoms with Crippen LogP contribution in [0.1, 0.15) is 19.8 Å². The van der Waals surface area contributed by atoms with Crippen molar-refractivity contribution in [2.45, 2.75) is 50.2 Å². The number of hydrogen-bond donors (Lipinski definition) is 9. The summed E-state index contributed by atoms with van der Waals surface area (Å²) in [5, 5.41) is 67.5. The maximum atomic E-state index is 9.99. The summed E-state index contributed by atoms with van der Waals surface area (Å²) < 4.78 is 0. The first-order valence-electron chi connectivity index (χ1n) is 7.45. The highest BCUT2D eigenvalue weighted by atomic mass is 16.4. The normalized spacial score (nSPS) is 15.1. The molecule has 0 aliphatic heterocycles. The zero-order valence-corrected chi connectivity index (χ0v) is 14.8. The standard InChI is InChI=1S/C6H12O6.C5H9NO4.C3H4O3/c7-1-3(9)5(11)6(12)4(10)2-8;6-3(5(9)10)1-2-4(7)8;1-2(4)3(5)6/h1,3-6,8-12H,2H2;3H,1-2,6H2,(H,7,8)(H,9,10);1H3,(H,5,6)/t3-,4+,5+,6+;3-;/m00./s1. The van der Waals surface area contributed by atoms with Crippen molar-refractivity contribution in [3.63, 3.8) is 0 Å². The lowest BCUT2D eigenvalue weighted by atomic mass is 10.0. The smallest absolute Gasteiger partial charge is 0.371 e. The Kier molecular flexibility index (Phi) is 18.0. The number of ketones is 1. The minimum atomic E-state index is -1.79. The van der Waals surface area contributed by atoms with Crippen LogP contribution in [0, 0.1) is 0 Å². The number of carboxylic acid groups (broad SMARTS) is 3. The topological polar surface area (TPSA) is 273 Å². The molecule has 10 N–H and O–H groups in total. The molecule has 0 aromatic heterocycles. The predicted octanol–water partition coefficient (Wildman–Crippen LogP) is -4.46. The van der Waals surface area contributed by atoms with E-state index in [1.165, 1.54) is 0 Å². The molecular weight excluding hydrogens is 390 g/mol. The van der Waals surface area contributed by atoms with Crippen LogP contribution in [0.4, 0.5) is 0 Å². The highest BCUT2D eigenvalue weighted by molar-refractivity contribution is 6.31. The number of carboxylic acids is 3. The fourth-order valence-electron chi connectivity index (χ4n) is 1.02. The second-order valence-electron chi connectivity index (χ2n) is 5.10. The van der Waals surface area contributed by atoms with Crippen LogP contribution in [0.3, 0.4) is 0 Å². The second-order valence-corrected chi connectivity index (χ2v) is 5.10. The van der Waals surface area contributed by atoms with Crippen molar-refractivity contribution in [3.8, 4) is 0 Å². The first-order chi connectivity index (χ1) is 12.7. The number of aldehydes is 1. The summed E-state index contributed by atoms with van der Waals surface area (Å²) >= 11 is 0. The molecule has 0 saturated carbocycles. The van der Waals surface area contributed by atoms with Crippen molar-refractivity contribution in [3.05, 3.63) is 0 Å². The van der Waals surface area contributed by atoms with E-state index in [1.54, 1.807) is 0 Å². The molecule has 0 bridgehead atoms. The van der Waals surface area contributed by atoms with Gasteiger partial charge in [-0.15, -0.1) is 0 Å². The number of aliphatic hydroxyl groups excluding tert-OH is 5. The maximum absolute atomic E-state index is 9.99. The number of aliphatic carboxylic acids is 3. The van der Waals surface area contributed by atoms with Crippen molar-refractivity contribution in [2.75, 3.05) is 6.61 Å². The average Bonchev–Trinajstić information content (AvgIpc) is 2.63. The molecule has 14 nitrogen and oxygen atoms in total. The zero-order chi connectivity index (χ0) is 23.0. The quantitative estimate of drug-likeness (QED) is 0.120. The van der Waals surface area contributed by atoms with Crippen LogP contribution >= 0.6 is 0 Å². The Balaban J connectivity index is -0.000000354. The highest BCUT2D eigenvalue weighted by Crippen LogP contribution is 2.02. The minimum absolute atomic E-state index is 0.0231. The maximum Gasteiger partial charge on any atom is 0.371 e. The molecule has 5 atom stereocenters. The summed E-state index contributed by atoms with van der Waals surface area (Å²) in [7, 11) is 0. The molecule has 0 rings (SSSR count). The second kappa shape index (κ2) is 16.7. The summed E-state index contributed by atoms with van der Waals surface area (Å²) in [5.41, 5.74) is 5.00. The Labute approximate surface area is 158 Å². The van der Waals surface area contributed by atoms with Crippen molar-refractivity contribution in [1.82, 2.24) is 0 Å². The number of aliphatic hydroxyl groups is 5. The molecule has 0 saturated heterocycles. The van der Waals surface area contributed by atoms with Gasteiger partial charge in [0, 0.05) is 13.3 Å². The van der Waals surface area contributed by atoms with Crippen LogP contribution in [-0.4, -0.2) is 108 Å². The van der Waals surface area contributed by atoms with Gasteiger partial charge in [-0.05, 0) is 6.42 Å². The van der Waals surface area contributed by atoms with Gasteiger partial charge in [0.05, 0.1) is 6.61 Å². The van der Waals surface area contributed by atoms with Gasteiger partial charge in [-0.2, -0.15) is 0 Å². The third-order valence-corrected chi connectivity index (χ3v) is 2.71. The molecule has 0 aromatic carbocycles. The van der Waals surface area contributed by atoms with Gasteiger partial charge in [-0.25, -0.2) is 4.79 Å². The largest absolute Gasteiger partial charge is 0.481 e. The molecule has 0 fully saturated rings. The molecule has 0 amide bonds. The van der Waals surface area contributed by atoms with E-state index < -0.39 is 60.8 Å². The Morgan fingerprint density at radius 1 is 0.964 bits per heavy atom. The van der Waals surface area contributed by atoms with E-state index in [0.29, 0.717) is 0 Å². The van der Waals surface area contributed by atoms with Gasteiger partial charge in [0.15, 0.2) is 6.29 Å². The van der Waals surface area contributed by atoms with Crippen LogP contribution in [0.2, 0.25) is 0 Å². The van der Waals surface area contributed by atoms with Gasteiger partial charge in [0.1, 0.15) is 30.5 Å². The van der Waals surface area contributed by atoms with Crippen molar-refractivity contribution < 1.29 is 64.8 Å².